The average molecular weight is 481 g/mol. The molecule has 0 aromatic heterocycles. The van der Waals surface area contributed by atoms with Gasteiger partial charge in [0.05, 0.1) is 11.3 Å². The standard InChI is InChI=1S/C33H40N2O/c1-22-10-17-29(20-27-15-18-31-28(16-19-30(27)31)21-33(3,4)36)34-23(2)35-32(22)26-13-11-25(12-14-26)24-8-6-5-7-9-24/h5-14,17,27-28,30-31,36H,15-16,18-21H2,1-4H3/b17-10-,22-10?,29-17?,32-22+,34-23?,34-29+,35-23+,35-32?. The molecule has 2 aromatic carbocycles. The van der Waals surface area contributed by atoms with Gasteiger partial charge < -0.3 is 5.11 Å². The molecule has 4 unspecified atom stereocenters. The van der Waals surface area contributed by atoms with E-state index in [0.717, 1.165) is 47.5 Å². The molecule has 2 fully saturated rings. The molecular weight excluding hydrogens is 440 g/mol. The summed E-state index contributed by atoms with van der Waals surface area (Å²) in [4.78, 5) is 9.94. The largest absolute Gasteiger partial charge is 0.390 e. The SMILES string of the molecule is CC1=N\C(c2ccc(-c3ccccc3)cc2)=C(C)\C=C/C(CC2CCC3C(CC(C)(C)O)CCC23)=N\1. The van der Waals surface area contributed by atoms with Crippen molar-refractivity contribution in [3.8, 4) is 11.1 Å². The molecule has 2 aliphatic carbocycles. The third-order valence-corrected chi connectivity index (χ3v) is 8.48. The number of benzene rings is 2. The van der Waals surface area contributed by atoms with Crippen LogP contribution in [0.15, 0.2) is 82.3 Å². The number of amidine groups is 1. The summed E-state index contributed by atoms with van der Waals surface area (Å²) in [5.41, 5.74) is 6.33. The van der Waals surface area contributed by atoms with Crippen molar-refractivity contribution in [2.24, 2.45) is 33.7 Å². The Labute approximate surface area is 216 Å². The first-order chi connectivity index (χ1) is 17.3. The molecule has 3 heteroatoms. The summed E-state index contributed by atoms with van der Waals surface area (Å²) in [7, 11) is 0. The van der Waals surface area contributed by atoms with Gasteiger partial charge in [-0.15, -0.1) is 0 Å². The Morgan fingerprint density at radius 2 is 1.36 bits per heavy atom. The molecule has 1 aliphatic heterocycles. The highest BCUT2D eigenvalue weighted by atomic mass is 16.3. The number of nitrogens with zero attached hydrogens (tertiary/aromatic N) is 2. The van der Waals surface area contributed by atoms with Crippen LogP contribution in [-0.4, -0.2) is 22.3 Å². The number of hydrogen-bond donors (Lipinski definition) is 1. The van der Waals surface area contributed by atoms with E-state index < -0.39 is 5.60 Å². The highest BCUT2D eigenvalue weighted by Gasteiger charge is 2.45. The van der Waals surface area contributed by atoms with Crippen LogP contribution < -0.4 is 0 Å². The van der Waals surface area contributed by atoms with Gasteiger partial charge in [-0.25, -0.2) is 9.98 Å². The van der Waals surface area contributed by atoms with Crippen molar-refractivity contribution in [3.05, 3.63) is 77.9 Å². The van der Waals surface area contributed by atoms with Crippen LogP contribution in [0, 0.1) is 23.7 Å². The van der Waals surface area contributed by atoms with E-state index in [1.807, 2.05) is 26.8 Å². The topological polar surface area (TPSA) is 45.0 Å². The molecule has 36 heavy (non-hydrogen) atoms. The van der Waals surface area contributed by atoms with E-state index in [9.17, 15) is 5.11 Å². The van der Waals surface area contributed by atoms with Crippen LogP contribution in [0.1, 0.15) is 71.8 Å². The predicted octanol–water partition coefficient (Wildman–Crippen LogP) is 8.12. The van der Waals surface area contributed by atoms with Crippen molar-refractivity contribution in [2.75, 3.05) is 0 Å². The number of fused-ring (bicyclic) bond motifs is 1. The van der Waals surface area contributed by atoms with Crippen LogP contribution in [0.5, 0.6) is 0 Å². The maximum absolute atomic E-state index is 10.4. The fourth-order valence-electron chi connectivity index (χ4n) is 6.93. The smallest absolute Gasteiger partial charge is 0.126 e. The summed E-state index contributed by atoms with van der Waals surface area (Å²) < 4.78 is 0. The van der Waals surface area contributed by atoms with Crippen molar-refractivity contribution in [3.63, 3.8) is 0 Å². The minimum atomic E-state index is -0.555. The Morgan fingerprint density at radius 1 is 0.750 bits per heavy atom. The number of rotatable bonds is 6. The molecule has 0 spiro atoms. The molecule has 3 nitrogen and oxygen atoms in total. The minimum absolute atomic E-state index is 0.555. The Bertz CT molecular complexity index is 1190. The maximum atomic E-state index is 10.4. The zero-order valence-electron chi connectivity index (χ0n) is 22.2. The Kier molecular flexibility index (Phi) is 7.12. The van der Waals surface area contributed by atoms with E-state index >= 15 is 0 Å². The molecule has 0 amide bonds. The maximum Gasteiger partial charge on any atom is 0.126 e. The summed E-state index contributed by atoms with van der Waals surface area (Å²) in [6.07, 6.45) is 11.6. The number of aliphatic hydroxyl groups is 1. The van der Waals surface area contributed by atoms with Crippen molar-refractivity contribution in [2.45, 2.75) is 71.8 Å². The summed E-state index contributed by atoms with van der Waals surface area (Å²) in [5, 5.41) is 10.4. The Balaban J connectivity index is 1.29. The third kappa shape index (κ3) is 5.62. The van der Waals surface area contributed by atoms with Crippen LogP contribution in [0.4, 0.5) is 0 Å². The van der Waals surface area contributed by atoms with Gasteiger partial charge in [0.2, 0.25) is 0 Å². The summed E-state index contributed by atoms with van der Waals surface area (Å²) in [6, 6.07) is 19.2. The lowest BCUT2D eigenvalue weighted by Gasteiger charge is -2.26. The summed E-state index contributed by atoms with van der Waals surface area (Å²) in [5.74, 6) is 3.77. The van der Waals surface area contributed by atoms with E-state index in [1.54, 1.807) is 0 Å². The lowest BCUT2D eigenvalue weighted by atomic mass is 9.82. The first-order valence-electron chi connectivity index (χ1n) is 13.7. The molecule has 2 saturated carbocycles. The number of aliphatic imine (C=N–C) groups is 2. The molecule has 1 N–H and O–H groups in total. The van der Waals surface area contributed by atoms with Crippen LogP contribution in [0.2, 0.25) is 0 Å². The molecule has 0 bridgehead atoms. The van der Waals surface area contributed by atoms with E-state index in [0.29, 0.717) is 11.8 Å². The lowest BCUT2D eigenvalue weighted by Crippen LogP contribution is -2.25. The van der Waals surface area contributed by atoms with Gasteiger partial charge in [0.25, 0.3) is 0 Å². The van der Waals surface area contributed by atoms with Crippen molar-refractivity contribution < 1.29 is 5.11 Å². The molecule has 0 saturated heterocycles. The van der Waals surface area contributed by atoms with E-state index in [1.165, 1.54) is 42.4 Å². The highest BCUT2D eigenvalue weighted by Crippen LogP contribution is 2.53. The second kappa shape index (κ2) is 10.3. The van der Waals surface area contributed by atoms with Crippen molar-refractivity contribution in [1.82, 2.24) is 0 Å². The van der Waals surface area contributed by atoms with Crippen LogP contribution >= 0.6 is 0 Å². The highest BCUT2D eigenvalue weighted by molar-refractivity contribution is 6.05. The predicted molar refractivity (Wildman–Crippen MR) is 152 cm³/mol. The van der Waals surface area contributed by atoms with E-state index in [2.05, 4.69) is 67.6 Å². The van der Waals surface area contributed by atoms with E-state index in [-0.39, 0.29) is 0 Å². The molecule has 2 aromatic rings. The normalized spacial score (nSPS) is 32.1. The van der Waals surface area contributed by atoms with Crippen molar-refractivity contribution >= 4 is 17.2 Å². The van der Waals surface area contributed by atoms with Crippen molar-refractivity contribution in [1.29, 1.82) is 0 Å². The second-order valence-electron chi connectivity index (χ2n) is 11.8. The van der Waals surface area contributed by atoms with E-state index in [4.69, 9.17) is 9.98 Å². The zero-order chi connectivity index (χ0) is 25.3. The first-order valence-corrected chi connectivity index (χ1v) is 13.7. The van der Waals surface area contributed by atoms with Gasteiger partial charge in [0.1, 0.15) is 5.84 Å². The fourth-order valence-corrected chi connectivity index (χ4v) is 6.93. The number of hydrogen-bond acceptors (Lipinski definition) is 3. The van der Waals surface area contributed by atoms with Gasteiger partial charge in [-0.1, -0.05) is 60.7 Å². The van der Waals surface area contributed by atoms with Gasteiger partial charge in [-0.2, -0.15) is 0 Å². The Hall–Kier alpha value is -2.78. The molecule has 3 aliphatic rings. The molecule has 1 heterocycles. The summed E-state index contributed by atoms with van der Waals surface area (Å²) in [6.45, 7) is 8.10. The number of allylic oxidation sites excluding steroid dienone is 3. The third-order valence-electron chi connectivity index (χ3n) is 8.48. The van der Waals surface area contributed by atoms with Gasteiger partial charge in [0, 0.05) is 11.3 Å². The zero-order valence-corrected chi connectivity index (χ0v) is 22.2. The molecule has 4 atom stereocenters. The monoisotopic (exact) mass is 480 g/mol. The molecule has 188 valence electrons. The van der Waals surface area contributed by atoms with Crippen LogP contribution in [-0.2, 0) is 0 Å². The molecule has 0 radical (unpaired) electrons. The van der Waals surface area contributed by atoms with Crippen LogP contribution in [0.25, 0.3) is 16.8 Å². The molecule has 5 rings (SSSR count). The fraction of sp³-hybridized carbons (Fsp3) is 0.455. The lowest BCUT2D eigenvalue weighted by molar-refractivity contribution is 0.0443. The van der Waals surface area contributed by atoms with Gasteiger partial charge in [0.15, 0.2) is 0 Å². The van der Waals surface area contributed by atoms with Crippen LogP contribution in [0.3, 0.4) is 0 Å². The summed E-state index contributed by atoms with van der Waals surface area (Å²) >= 11 is 0. The van der Waals surface area contributed by atoms with Gasteiger partial charge in [-0.05, 0) is 113 Å². The van der Waals surface area contributed by atoms with Gasteiger partial charge in [-0.3, -0.25) is 0 Å². The Morgan fingerprint density at radius 3 is 2.06 bits per heavy atom. The second-order valence-corrected chi connectivity index (χ2v) is 11.8. The minimum Gasteiger partial charge on any atom is -0.390 e. The molecular formula is C33H40N2O. The average Bonchev–Trinajstić information content (AvgIpc) is 3.43. The first kappa shape index (κ1) is 24.9. The quantitative estimate of drug-likeness (QED) is 0.446. The van der Waals surface area contributed by atoms with Gasteiger partial charge >= 0.3 is 0 Å².